The molecule has 2 aliphatic heterocycles. The molecule has 2 rings (SSSR count). The van der Waals surface area contributed by atoms with Crippen molar-refractivity contribution in [1.29, 1.82) is 0 Å². The summed E-state index contributed by atoms with van der Waals surface area (Å²) in [5, 5.41) is 3.72. The summed E-state index contributed by atoms with van der Waals surface area (Å²) >= 11 is 7.49. The first-order valence-corrected chi connectivity index (χ1v) is 15.3. The maximum absolute atomic E-state index is 10.6. The predicted octanol–water partition coefficient (Wildman–Crippen LogP) is -1.73. The molecule has 2 aliphatic rings. The molecule has 204 valence electrons. The van der Waals surface area contributed by atoms with E-state index in [2.05, 4.69) is 37.2 Å². The molecule has 16 heteroatoms. The molecule has 1 amide bonds. The summed E-state index contributed by atoms with van der Waals surface area (Å²) in [6.45, 7) is 6.34. The van der Waals surface area contributed by atoms with E-state index < -0.39 is 27.4 Å². The number of hydrogen-bond donors (Lipinski definition) is 2. The molecule has 2 saturated heterocycles. The fourth-order valence-corrected chi connectivity index (χ4v) is 4.81. The number of nitrogens with two attached hydrogens (primary N) is 1. The number of carbonyl (C=O) groups excluding carboxylic acids is 2. The zero-order valence-electron chi connectivity index (χ0n) is 20.7. The van der Waals surface area contributed by atoms with Crippen molar-refractivity contribution in [2.75, 3.05) is 61.7 Å². The molecule has 0 aromatic heterocycles. The molecule has 0 aromatic carbocycles. The number of carbonyl (C=O) groups is 2. The Balaban J connectivity index is 0. The fourth-order valence-electron chi connectivity index (χ4n) is 2.35. The van der Waals surface area contributed by atoms with E-state index in [0.29, 0.717) is 50.2 Å². The maximum atomic E-state index is 10.6. The van der Waals surface area contributed by atoms with Crippen LogP contribution >= 0.6 is 43.6 Å². The Morgan fingerprint density at radius 3 is 1.78 bits per heavy atom. The van der Waals surface area contributed by atoms with Gasteiger partial charge in [-0.1, -0.05) is 55.8 Å². The summed E-state index contributed by atoms with van der Waals surface area (Å²) in [5.41, 5.74) is 5.31. The Kier molecular flexibility index (Phi) is 23.1. The number of halogens is 2. The van der Waals surface area contributed by atoms with Crippen LogP contribution < -0.4 is 40.6 Å². The number of nitrogens with one attached hydrogen (secondary N) is 1. The first-order valence-electron chi connectivity index (χ1n) is 10.5. The van der Waals surface area contributed by atoms with E-state index in [4.69, 9.17) is 24.7 Å². The molecule has 0 aliphatic carbocycles. The summed E-state index contributed by atoms with van der Waals surface area (Å²) in [7, 11) is -4.14. The normalized spacial score (nSPS) is 18.1. The zero-order chi connectivity index (χ0) is 26.8. The van der Waals surface area contributed by atoms with Gasteiger partial charge in [0.1, 0.15) is 0 Å². The smallest absolute Gasteiger partial charge is 0.748 e. The summed E-state index contributed by atoms with van der Waals surface area (Å²) in [6.07, 6.45) is 7.35. The van der Waals surface area contributed by atoms with Crippen molar-refractivity contribution in [3.05, 3.63) is 24.3 Å². The van der Waals surface area contributed by atoms with Crippen LogP contribution in [-0.4, -0.2) is 97.3 Å². The van der Waals surface area contributed by atoms with Gasteiger partial charge in [-0.05, 0) is 12.2 Å². The van der Waals surface area contributed by atoms with Crippen molar-refractivity contribution in [3.63, 3.8) is 0 Å². The average Bonchev–Trinajstić information content (AvgIpc) is 3.46. The number of ether oxygens (including phenoxy) is 4. The first-order chi connectivity index (χ1) is 16.4. The van der Waals surface area contributed by atoms with Crippen LogP contribution in [0.2, 0.25) is 0 Å². The monoisotopic (exact) mass is 690 g/mol. The summed E-state index contributed by atoms with van der Waals surface area (Å²) in [6, 6.07) is 0. The number of thioether (sulfide) groups is 1. The van der Waals surface area contributed by atoms with Crippen molar-refractivity contribution in [2.24, 2.45) is 5.73 Å². The largest absolute Gasteiger partial charge is 1.00 e. The Morgan fingerprint density at radius 1 is 1.00 bits per heavy atom. The minimum atomic E-state index is -4.14. The Hall–Kier alpha value is 0.640. The molecule has 0 saturated carbocycles. The van der Waals surface area contributed by atoms with E-state index in [0.717, 1.165) is 11.8 Å². The maximum Gasteiger partial charge on any atom is 1.00 e. The summed E-state index contributed by atoms with van der Waals surface area (Å²) in [5.74, 6) is -1.66. The number of hydrogen-bond acceptors (Lipinski definition) is 11. The second-order valence-electron chi connectivity index (χ2n) is 6.86. The van der Waals surface area contributed by atoms with Gasteiger partial charge in [-0.2, -0.15) is 0 Å². The van der Waals surface area contributed by atoms with Crippen LogP contribution in [0.1, 0.15) is 13.8 Å². The third kappa shape index (κ3) is 19.7. The molecule has 0 aromatic rings. The van der Waals surface area contributed by atoms with Gasteiger partial charge in [0.2, 0.25) is 5.91 Å². The molecule has 2 fully saturated rings. The van der Waals surface area contributed by atoms with Gasteiger partial charge in [-0.3, -0.25) is 9.59 Å². The van der Waals surface area contributed by atoms with E-state index in [1.54, 1.807) is 0 Å². The molecular formula is C20H33Br2N2NaO9S2. The van der Waals surface area contributed by atoms with Gasteiger partial charge in [0.15, 0.2) is 16.7 Å². The number of amides is 1. The van der Waals surface area contributed by atoms with Crippen molar-refractivity contribution >= 4 is 64.8 Å². The van der Waals surface area contributed by atoms with E-state index in [1.165, 1.54) is 13.8 Å². The zero-order valence-corrected chi connectivity index (χ0v) is 27.5. The Morgan fingerprint density at radius 2 is 1.44 bits per heavy atom. The Labute approximate surface area is 256 Å². The predicted molar refractivity (Wildman–Crippen MR) is 141 cm³/mol. The molecule has 2 heterocycles. The van der Waals surface area contributed by atoms with Gasteiger partial charge in [0.25, 0.3) is 0 Å². The Bertz CT molecular complexity index is 790. The molecule has 0 radical (unpaired) electrons. The minimum absolute atomic E-state index is 0. The average molecular weight is 692 g/mol. The third-order valence-electron chi connectivity index (χ3n) is 3.91. The van der Waals surface area contributed by atoms with Crippen LogP contribution in [0.4, 0.5) is 0 Å². The van der Waals surface area contributed by atoms with Crippen LogP contribution in [-0.2, 0) is 38.7 Å². The van der Waals surface area contributed by atoms with Gasteiger partial charge in [0.05, 0.1) is 47.2 Å². The van der Waals surface area contributed by atoms with E-state index in [-0.39, 0.29) is 46.3 Å². The van der Waals surface area contributed by atoms with Crippen LogP contribution in [0.5, 0.6) is 0 Å². The van der Waals surface area contributed by atoms with Gasteiger partial charge in [-0.25, -0.2) is 8.42 Å². The second-order valence-corrected chi connectivity index (χ2v) is 10.8. The molecule has 0 spiro atoms. The third-order valence-corrected chi connectivity index (χ3v) is 7.25. The van der Waals surface area contributed by atoms with Gasteiger partial charge < -0.3 is 34.6 Å². The van der Waals surface area contributed by atoms with E-state index in [9.17, 15) is 22.6 Å². The van der Waals surface area contributed by atoms with Crippen molar-refractivity contribution in [2.45, 2.75) is 25.4 Å². The SMILES string of the molecule is CC(=O)NC/C=C/C1(CBr)OCCO1.CC(=O)SCCS(=O)(=O)[O-].NC/C=C/C1(CBr)OCCO1.[Na+]. The standard InChI is InChI=1S/C9H14BrNO3.C7H12BrNO2.C4H8O4S2.Na/c1-8(12)11-4-2-3-9(7-10)13-5-6-14-9;8-6-7(2-1-3-9)10-4-5-11-7;1-4(5)9-2-3-10(6,7)8;/h2-3H,4-7H2,1H3,(H,11,12);1-2H,3-6,9H2;2-3H2,1H3,(H,6,7,8);/q;;;+1/p-1/b3-2+;2-1+;;. The number of alkyl halides is 2. The molecule has 0 unspecified atom stereocenters. The summed E-state index contributed by atoms with van der Waals surface area (Å²) in [4.78, 5) is 20.8. The van der Waals surface area contributed by atoms with Gasteiger partial charge in [0, 0.05) is 38.4 Å². The number of rotatable bonds is 10. The van der Waals surface area contributed by atoms with Gasteiger partial charge >= 0.3 is 29.6 Å². The fraction of sp³-hybridized carbons (Fsp3) is 0.700. The molecule has 3 N–H and O–H groups in total. The minimum Gasteiger partial charge on any atom is -0.748 e. The van der Waals surface area contributed by atoms with E-state index in [1.807, 2.05) is 24.3 Å². The van der Waals surface area contributed by atoms with Crippen molar-refractivity contribution in [1.82, 2.24) is 5.32 Å². The molecular weight excluding hydrogens is 659 g/mol. The topological polar surface area (TPSA) is 166 Å². The van der Waals surface area contributed by atoms with E-state index >= 15 is 0 Å². The van der Waals surface area contributed by atoms with Crippen molar-refractivity contribution in [3.8, 4) is 0 Å². The van der Waals surface area contributed by atoms with Gasteiger partial charge in [-0.15, -0.1) is 0 Å². The second kappa shape index (κ2) is 21.5. The molecule has 0 atom stereocenters. The molecule has 0 bridgehead atoms. The first kappa shape index (κ1) is 38.8. The van der Waals surface area contributed by atoms with Crippen LogP contribution in [0.25, 0.3) is 0 Å². The van der Waals surface area contributed by atoms with Crippen LogP contribution in [0.15, 0.2) is 24.3 Å². The van der Waals surface area contributed by atoms with Crippen molar-refractivity contribution < 1.29 is 71.1 Å². The summed E-state index contributed by atoms with van der Waals surface area (Å²) < 4.78 is 51.4. The quantitative estimate of drug-likeness (QED) is 0.116. The molecule has 11 nitrogen and oxygen atoms in total. The molecule has 36 heavy (non-hydrogen) atoms. The van der Waals surface area contributed by atoms with Crippen LogP contribution in [0.3, 0.4) is 0 Å². The van der Waals surface area contributed by atoms with Crippen LogP contribution in [0, 0.1) is 0 Å².